The molecule has 0 saturated carbocycles. The van der Waals surface area contributed by atoms with E-state index in [1.807, 2.05) is 0 Å². The molecule has 0 N–H and O–H groups in total. The zero-order chi connectivity index (χ0) is 12.5. The lowest BCUT2D eigenvalue weighted by molar-refractivity contribution is -0.132. The lowest BCUT2D eigenvalue weighted by atomic mass is 10.3. The van der Waals surface area contributed by atoms with E-state index in [0.29, 0.717) is 6.54 Å². The van der Waals surface area contributed by atoms with Crippen LogP contribution in [-0.2, 0) is 19.1 Å². The highest BCUT2D eigenvalue weighted by Crippen LogP contribution is 1.94. The van der Waals surface area contributed by atoms with Gasteiger partial charge < -0.3 is 14.3 Å². The Kier molecular flexibility index (Phi) is 6.07. The lowest BCUT2D eigenvalue weighted by Crippen LogP contribution is -2.36. The van der Waals surface area contributed by atoms with Crippen LogP contribution in [0, 0.1) is 11.8 Å². The fourth-order valence-electron chi connectivity index (χ4n) is 1.29. The first kappa shape index (κ1) is 13.5. The van der Waals surface area contributed by atoms with Gasteiger partial charge in [0, 0.05) is 13.1 Å². The van der Waals surface area contributed by atoms with Crippen molar-refractivity contribution in [2.24, 2.45) is 5.16 Å². The fourth-order valence-corrected chi connectivity index (χ4v) is 1.29. The van der Waals surface area contributed by atoms with Gasteiger partial charge in [-0.3, -0.25) is 4.90 Å². The molecule has 0 amide bonds. The van der Waals surface area contributed by atoms with Gasteiger partial charge in [-0.1, -0.05) is 11.1 Å². The molecule has 0 aromatic carbocycles. The zero-order valence-electron chi connectivity index (χ0n) is 10.1. The van der Waals surface area contributed by atoms with Gasteiger partial charge in [-0.15, -0.1) is 0 Å². The minimum absolute atomic E-state index is 0.0248. The van der Waals surface area contributed by atoms with Crippen molar-refractivity contribution in [3.8, 4) is 11.8 Å². The summed E-state index contributed by atoms with van der Waals surface area (Å²) in [7, 11) is 2.63. The van der Waals surface area contributed by atoms with Gasteiger partial charge in [-0.25, -0.2) is 4.79 Å². The molecule has 0 unspecified atom stereocenters. The molecule has 0 aromatic heterocycles. The summed E-state index contributed by atoms with van der Waals surface area (Å²) in [6, 6.07) is 0. The van der Waals surface area contributed by atoms with Gasteiger partial charge in [0.25, 0.3) is 0 Å². The van der Waals surface area contributed by atoms with E-state index in [0.717, 1.165) is 26.3 Å². The summed E-state index contributed by atoms with van der Waals surface area (Å²) in [6.07, 6.45) is 0. The quantitative estimate of drug-likeness (QED) is 0.288. The molecule has 0 spiro atoms. The number of oxime groups is 1. The molecule has 0 aliphatic carbocycles. The zero-order valence-corrected chi connectivity index (χ0v) is 10.1. The number of carbonyl (C=O) groups excluding carboxylic acids is 1. The molecule has 17 heavy (non-hydrogen) atoms. The normalized spacial score (nSPS) is 16.9. The lowest BCUT2D eigenvalue weighted by Gasteiger charge is -2.24. The first-order chi connectivity index (χ1) is 8.27. The Morgan fingerprint density at radius 3 is 2.71 bits per heavy atom. The second kappa shape index (κ2) is 7.65. The highest BCUT2D eigenvalue weighted by atomic mass is 16.6. The fraction of sp³-hybridized carbons (Fsp3) is 0.636. The van der Waals surface area contributed by atoms with Crippen LogP contribution in [0.2, 0.25) is 0 Å². The van der Waals surface area contributed by atoms with E-state index in [2.05, 4.69) is 31.5 Å². The predicted molar refractivity (Wildman–Crippen MR) is 61.5 cm³/mol. The minimum Gasteiger partial charge on any atom is -0.464 e. The molecule has 0 atom stereocenters. The molecule has 6 nitrogen and oxygen atoms in total. The van der Waals surface area contributed by atoms with E-state index in [9.17, 15) is 4.79 Å². The molecule has 1 saturated heterocycles. The number of methoxy groups -OCH3 is 1. The number of nitrogens with zero attached hydrogens (tertiary/aromatic N) is 2. The van der Waals surface area contributed by atoms with Gasteiger partial charge in [0.1, 0.15) is 7.11 Å². The topological polar surface area (TPSA) is 60.4 Å². The van der Waals surface area contributed by atoms with E-state index in [1.54, 1.807) is 0 Å². The van der Waals surface area contributed by atoms with E-state index in [4.69, 9.17) is 4.74 Å². The van der Waals surface area contributed by atoms with Crippen LogP contribution in [0.25, 0.3) is 0 Å². The number of morpholine rings is 1. The number of carbonyl (C=O) groups is 1. The largest absolute Gasteiger partial charge is 0.464 e. The third-order valence-corrected chi connectivity index (χ3v) is 2.17. The smallest absolute Gasteiger partial charge is 0.368 e. The molecular formula is C11H16N2O4. The molecule has 0 aromatic rings. The van der Waals surface area contributed by atoms with Crippen LogP contribution in [0.4, 0.5) is 0 Å². The van der Waals surface area contributed by atoms with Gasteiger partial charge in [0.2, 0.25) is 5.71 Å². The highest BCUT2D eigenvalue weighted by Gasteiger charge is 2.10. The van der Waals surface area contributed by atoms with E-state index in [1.165, 1.54) is 14.2 Å². The number of hydrogen-bond donors (Lipinski definition) is 0. The molecule has 6 heteroatoms. The van der Waals surface area contributed by atoms with Crippen molar-refractivity contribution < 1.29 is 19.1 Å². The van der Waals surface area contributed by atoms with Crippen molar-refractivity contribution in [2.75, 3.05) is 47.1 Å². The van der Waals surface area contributed by atoms with Gasteiger partial charge >= 0.3 is 5.97 Å². The van der Waals surface area contributed by atoms with Gasteiger partial charge in [-0.05, 0) is 5.92 Å². The van der Waals surface area contributed by atoms with Crippen molar-refractivity contribution in [1.29, 1.82) is 0 Å². The summed E-state index contributed by atoms with van der Waals surface area (Å²) in [5.74, 6) is 4.90. The molecule has 1 aliphatic rings. The summed E-state index contributed by atoms with van der Waals surface area (Å²) in [6.45, 7) is 3.71. The molecular weight excluding hydrogens is 224 g/mol. The Hall–Kier alpha value is -1.58. The Labute approximate surface area is 100 Å². The highest BCUT2D eigenvalue weighted by molar-refractivity contribution is 6.43. The summed E-state index contributed by atoms with van der Waals surface area (Å²) in [5.41, 5.74) is -0.0248. The Morgan fingerprint density at radius 2 is 2.12 bits per heavy atom. The van der Waals surface area contributed by atoms with Crippen LogP contribution in [0.15, 0.2) is 5.16 Å². The van der Waals surface area contributed by atoms with Crippen molar-refractivity contribution in [1.82, 2.24) is 4.90 Å². The van der Waals surface area contributed by atoms with E-state index >= 15 is 0 Å². The van der Waals surface area contributed by atoms with Crippen LogP contribution in [0.5, 0.6) is 0 Å². The monoisotopic (exact) mass is 240 g/mol. The van der Waals surface area contributed by atoms with Crippen LogP contribution in [0.3, 0.4) is 0 Å². The molecule has 0 bridgehead atoms. The first-order valence-electron chi connectivity index (χ1n) is 5.26. The average Bonchev–Trinajstić information content (AvgIpc) is 2.38. The maximum Gasteiger partial charge on any atom is 0.368 e. The predicted octanol–water partition coefficient (Wildman–Crippen LogP) is -0.503. The molecule has 0 radical (unpaired) electrons. The standard InChI is InChI=1S/C11H16N2O4/c1-15-11(14)10(12-16-2)4-3-5-13-6-8-17-9-7-13/h5-9H2,1-2H3. The van der Waals surface area contributed by atoms with Gasteiger partial charge in [-0.2, -0.15) is 0 Å². The summed E-state index contributed by atoms with van der Waals surface area (Å²) in [5, 5.41) is 3.50. The molecule has 1 fully saturated rings. The van der Waals surface area contributed by atoms with Crippen molar-refractivity contribution in [2.45, 2.75) is 0 Å². The number of ether oxygens (including phenoxy) is 2. The first-order valence-corrected chi connectivity index (χ1v) is 5.26. The van der Waals surface area contributed by atoms with Gasteiger partial charge in [0.15, 0.2) is 0 Å². The summed E-state index contributed by atoms with van der Waals surface area (Å²) in [4.78, 5) is 17.9. The Bertz CT molecular complexity index is 337. The molecule has 1 rings (SSSR count). The van der Waals surface area contributed by atoms with Crippen molar-refractivity contribution in [3.63, 3.8) is 0 Å². The maximum absolute atomic E-state index is 11.2. The second-order valence-corrected chi connectivity index (χ2v) is 3.30. The SMILES string of the molecule is CON=C(C#CCN1CCOCC1)C(=O)OC. The van der Waals surface area contributed by atoms with Crippen molar-refractivity contribution >= 4 is 11.7 Å². The summed E-state index contributed by atoms with van der Waals surface area (Å²) >= 11 is 0. The number of esters is 1. The second-order valence-electron chi connectivity index (χ2n) is 3.30. The van der Waals surface area contributed by atoms with Crippen LogP contribution in [-0.4, -0.2) is 63.6 Å². The minimum atomic E-state index is -0.596. The Morgan fingerprint density at radius 1 is 1.41 bits per heavy atom. The third-order valence-electron chi connectivity index (χ3n) is 2.17. The molecule has 1 aliphatic heterocycles. The number of hydrogen-bond acceptors (Lipinski definition) is 6. The third kappa shape index (κ3) is 4.85. The summed E-state index contributed by atoms with van der Waals surface area (Å²) < 4.78 is 9.74. The van der Waals surface area contributed by atoms with E-state index in [-0.39, 0.29) is 5.71 Å². The van der Waals surface area contributed by atoms with Crippen LogP contribution < -0.4 is 0 Å². The molecule has 94 valence electrons. The average molecular weight is 240 g/mol. The maximum atomic E-state index is 11.2. The molecule has 1 heterocycles. The van der Waals surface area contributed by atoms with Gasteiger partial charge in [0.05, 0.1) is 26.9 Å². The van der Waals surface area contributed by atoms with Crippen molar-refractivity contribution in [3.05, 3.63) is 0 Å². The number of rotatable bonds is 3. The Balaban J connectivity index is 2.49. The van der Waals surface area contributed by atoms with Crippen LogP contribution in [0.1, 0.15) is 0 Å². The van der Waals surface area contributed by atoms with Crippen LogP contribution >= 0.6 is 0 Å². The van der Waals surface area contributed by atoms with E-state index < -0.39 is 5.97 Å².